The molecule has 0 fully saturated rings. The van der Waals surface area contributed by atoms with E-state index >= 15 is 0 Å². The van der Waals surface area contributed by atoms with Gasteiger partial charge in [-0.25, -0.2) is 4.68 Å². The van der Waals surface area contributed by atoms with E-state index in [-0.39, 0.29) is 10.6 Å². The number of halogens is 1. The van der Waals surface area contributed by atoms with Crippen molar-refractivity contribution in [1.29, 1.82) is 0 Å². The predicted octanol–water partition coefficient (Wildman–Crippen LogP) is 2.76. The lowest BCUT2D eigenvalue weighted by molar-refractivity contribution is 0.0981. The second-order valence-corrected chi connectivity index (χ2v) is 5.23. The molecule has 17 heavy (non-hydrogen) atoms. The van der Waals surface area contributed by atoms with Gasteiger partial charge in [0.1, 0.15) is 0 Å². The van der Waals surface area contributed by atoms with Crippen molar-refractivity contribution in [3.8, 4) is 5.69 Å². The van der Waals surface area contributed by atoms with Gasteiger partial charge in [0.05, 0.1) is 28.0 Å². The van der Waals surface area contributed by atoms with Crippen molar-refractivity contribution in [3.05, 3.63) is 47.8 Å². The number of hydrogen-bond acceptors (Lipinski definition) is 2. The van der Waals surface area contributed by atoms with Gasteiger partial charge >= 0.3 is 0 Å². The summed E-state index contributed by atoms with van der Waals surface area (Å²) in [5, 5.41) is 4.33. The van der Waals surface area contributed by atoms with Crippen LogP contribution in [0, 0.1) is 0 Å². The van der Waals surface area contributed by atoms with Crippen molar-refractivity contribution in [2.75, 3.05) is 0 Å². The van der Waals surface area contributed by atoms with Crippen LogP contribution in [0.3, 0.4) is 0 Å². The van der Waals surface area contributed by atoms with Crippen LogP contribution in [0.15, 0.2) is 36.5 Å². The van der Waals surface area contributed by atoms with Gasteiger partial charge in [-0.15, -0.1) is 0 Å². The van der Waals surface area contributed by atoms with Crippen molar-refractivity contribution in [3.63, 3.8) is 0 Å². The van der Waals surface area contributed by atoms with Crippen LogP contribution in [0.1, 0.15) is 22.5 Å². The fourth-order valence-electron chi connectivity index (χ4n) is 2.18. The first kappa shape index (κ1) is 10.7. The second-order valence-electron chi connectivity index (χ2n) is 4.12. The Hall–Kier alpha value is -1.42. The van der Waals surface area contributed by atoms with Crippen molar-refractivity contribution in [2.24, 2.45) is 0 Å². The second kappa shape index (κ2) is 4.11. The molecule has 1 aliphatic carbocycles. The van der Waals surface area contributed by atoms with E-state index in [1.807, 2.05) is 35.0 Å². The number of carbonyl (C=O) groups excluding carboxylic acids is 1. The van der Waals surface area contributed by atoms with E-state index in [0.717, 1.165) is 29.8 Å². The zero-order chi connectivity index (χ0) is 11.8. The molecule has 0 saturated heterocycles. The van der Waals surface area contributed by atoms with E-state index in [9.17, 15) is 4.79 Å². The van der Waals surface area contributed by atoms with Crippen LogP contribution in [0.4, 0.5) is 0 Å². The number of aromatic nitrogens is 2. The van der Waals surface area contributed by atoms with Gasteiger partial charge in [-0.05, 0) is 25.0 Å². The largest absolute Gasteiger partial charge is 0.293 e. The number of para-hydroxylation sites is 1. The maximum atomic E-state index is 12.0. The maximum Gasteiger partial charge on any atom is 0.179 e. The summed E-state index contributed by atoms with van der Waals surface area (Å²) >= 11 is 3.40. The van der Waals surface area contributed by atoms with Crippen LogP contribution in [-0.2, 0) is 6.42 Å². The first-order valence-electron chi connectivity index (χ1n) is 5.58. The molecule has 0 aliphatic heterocycles. The minimum Gasteiger partial charge on any atom is -0.293 e. The van der Waals surface area contributed by atoms with Crippen molar-refractivity contribution in [1.82, 2.24) is 9.78 Å². The summed E-state index contributed by atoms with van der Waals surface area (Å²) < 4.78 is 1.87. The van der Waals surface area contributed by atoms with Crippen molar-refractivity contribution >= 4 is 21.7 Å². The maximum absolute atomic E-state index is 12.0. The Labute approximate surface area is 108 Å². The average molecular weight is 291 g/mol. The molecule has 2 aromatic rings. The Balaban J connectivity index is 2.11. The van der Waals surface area contributed by atoms with Crippen LogP contribution in [0.25, 0.3) is 5.69 Å². The smallest absolute Gasteiger partial charge is 0.179 e. The Morgan fingerprint density at radius 1 is 1.29 bits per heavy atom. The Bertz CT molecular complexity index is 562. The Kier molecular flexibility index (Phi) is 2.59. The van der Waals surface area contributed by atoms with Gasteiger partial charge in [0.2, 0.25) is 0 Å². The normalized spacial score (nSPS) is 19.1. The molecule has 3 rings (SSSR count). The van der Waals surface area contributed by atoms with Gasteiger partial charge in [-0.1, -0.05) is 34.1 Å². The number of alkyl halides is 1. The molecule has 86 valence electrons. The standard InChI is InChI=1S/C13H11BrN2O/c14-11-6-7-12-10(13(11)17)8-15-16(12)9-4-2-1-3-5-9/h1-5,8,11H,6-7H2/t11-/m0/s1. The zero-order valence-electron chi connectivity index (χ0n) is 9.14. The lowest BCUT2D eigenvalue weighted by atomic mass is 9.96. The van der Waals surface area contributed by atoms with E-state index < -0.39 is 0 Å². The number of carbonyl (C=O) groups is 1. The molecule has 0 bridgehead atoms. The third-order valence-electron chi connectivity index (χ3n) is 3.05. The van der Waals surface area contributed by atoms with E-state index in [1.54, 1.807) is 6.20 Å². The van der Waals surface area contributed by atoms with Crippen LogP contribution in [-0.4, -0.2) is 20.4 Å². The average Bonchev–Trinajstić information content (AvgIpc) is 2.79. The first-order valence-corrected chi connectivity index (χ1v) is 6.49. The number of ketones is 1. The molecule has 0 saturated carbocycles. The minimum absolute atomic E-state index is 0.0524. The number of rotatable bonds is 1. The number of nitrogens with zero attached hydrogens (tertiary/aromatic N) is 2. The van der Waals surface area contributed by atoms with Gasteiger partial charge in [0.25, 0.3) is 0 Å². The third-order valence-corrected chi connectivity index (χ3v) is 3.93. The molecule has 0 unspecified atom stereocenters. The highest BCUT2D eigenvalue weighted by molar-refractivity contribution is 9.10. The number of benzene rings is 1. The van der Waals surface area contributed by atoms with Gasteiger partial charge in [0.15, 0.2) is 5.78 Å². The van der Waals surface area contributed by atoms with Gasteiger partial charge in [-0.2, -0.15) is 5.10 Å². The number of Topliss-reactive ketones (excluding diaryl/α,β-unsaturated/α-hetero) is 1. The summed E-state index contributed by atoms with van der Waals surface area (Å²) in [6.07, 6.45) is 3.40. The Morgan fingerprint density at radius 2 is 2.06 bits per heavy atom. The fraction of sp³-hybridized carbons (Fsp3) is 0.231. The van der Waals surface area contributed by atoms with E-state index in [2.05, 4.69) is 21.0 Å². The quantitative estimate of drug-likeness (QED) is 0.757. The molecule has 3 nitrogen and oxygen atoms in total. The molecule has 1 aromatic carbocycles. The summed E-state index contributed by atoms with van der Waals surface area (Å²) in [5.74, 6) is 0.147. The van der Waals surface area contributed by atoms with Gasteiger partial charge in [0, 0.05) is 0 Å². The molecule has 1 atom stereocenters. The highest BCUT2D eigenvalue weighted by Gasteiger charge is 2.28. The lowest BCUT2D eigenvalue weighted by Crippen LogP contribution is -2.22. The lowest BCUT2D eigenvalue weighted by Gasteiger charge is -2.17. The molecule has 1 heterocycles. The topological polar surface area (TPSA) is 34.9 Å². The summed E-state index contributed by atoms with van der Waals surface area (Å²) in [6, 6.07) is 9.91. The molecule has 0 spiro atoms. The molecule has 0 N–H and O–H groups in total. The van der Waals surface area contributed by atoms with Gasteiger partial charge in [-0.3, -0.25) is 4.79 Å². The first-order chi connectivity index (χ1) is 8.27. The van der Waals surface area contributed by atoms with Gasteiger partial charge < -0.3 is 0 Å². The van der Waals surface area contributed by atoms with Crippen molar-refractivity contribution < 1.29 is 4.79 Å². The summed E-state index contributed by atoms with van der Waals surface area (Å²) in [6.45, 7) is 0. The van der Waals surface area contributed by atoms with Crippen LogP contribution < -0.4 is 0 Å². The SMILES string of the molecule is O=C1c2cnn(-c3ccccc3)c2CC[C@@H]1Br. The predicted molar refractivity (Wildman–Crippen MR) is 68.9 cm³/mol. The zero-order valence-corrected chi connectivity index (χ0v) is 10.7. The van der Waals surface area contributed by atoms with E-state index in [0.29, 0.717) is 0 Å². The molecule has 4 heteroatoms. The Morgan fingerprint density at radius 3 is 2.82 bits per heavy atom. The fourth-order valence-corrected chi connectivity index (χ4v) is 2.65. The number of fused-ring (bicyclic) bond motifs is 1. The van der Waals surface area contributed by atoms with Crippen LogP contribution >= 0.6 is 15.9 Å². The van der Waals surface area contributed by atoms with E-state index in [1.165, 1.54) is 0 Å². The molecule has 1 aliphatic rings. The summed E-state index contributed by atoms with van der Waals surface area (Å²) in [7, 11) is 0. The monoisotopic (exact) mass is 290 g/mol. The molecular formula is C13H11BrN2O. The molecule has 0 amide bonds. The highest BCUT2D eigenvalue weighted by Crippen LogP contribution is 2.27. The minimum atomic E-state index is -0.0524. The molecule has 0 radical (unpaired) electrons. The van der Waals surface area contributed by atoms with Crippen LogP contribution in [0.2, 0.25) is 0 Å². The molecule has 1 aromatic heterocycles. The van der Waals surface area contributed by atoms with Crippen molar-refractivity contribution in [2.45, 2.75) is 17.7 Å². The van der Waals surface area contributed by atoms with Crippen LogP contribution in [0.5, 0.6) is 0 Å². The summed E-state index contributed by atoms with van der Waals surface area (Å²) in [4.78, 5) is 11.9. The number of hydrogen-bond donors (Lipinski definition) is 0. The van der Waals surface area contributed by atoms with E-state index in [4.69, 9.17) is 0 Å². The highest BCUT2D eigenvalue weighted by atomic mass is 79.9. The summed E-state index contributed by atoms with van der Waals surface area (Å²) in [5.41, 5.74) is 2.79. The molecular weight excluding hydrogens is 280 g/mol. The third kappa shape index (κ3) is 1.72.